The zero-order chi connectivity index (χ0) is 14.9. The third-order valence-corrected chi connectivity index (χ3v) is 4.17. The molecule has 20 heavy (non-hydrogen) atoms. The Morgan fingerprint density at radius 3 is 2.90 bits per heavy atom. The molecule has 0 aromatic carbocycles. The third kappa shape index (κ3) is 3.21. The summed E-state index contributed by atoms with van der Waals surface area (Å²) in [4.78, 5) is 16.3. The van der Waals surface area contributed by atoms with Gasteiger partial charge in [0.05, 0.1) is 11.6 Å². The number of rotatable bonds is 3. The van der Waals surface area contributed by atoms with E-state index in [4.69, 9.17) is 10.8 Å². The topological polar surface area (TPSA) is 79.5 Å². The number of nitrogens with zero attached hydrogens (tertiary/aromatic N) is 2. The molecule has 2 atom stereocenters. The number of aliphatic carboxylic acids is 1. The molecule has 0 bridgehead atoms. The molecule has 1 aromatic rings. The highest BCUT2D eigenvalue weighted by atomic mass is 32.1. The highest BCUT2D eigenvalue weighted by Crippen LogP contribution is 2.35. The van der Waals surface area contributed by atoms with Crippen molar-refractivity contribution in [2.75, 3.05) is 18.0 Å². The van der Waals surface area contributed by atoms with Crippen LogP contribution in [0.25, 0.3) is 0 Å². The molecule has 5 nitrogen and oxygen atoms in total. The number of piperidine rings is 1. The minimum Gasteiger partial charge on any atom is -0.480 e. The van der Waals surface area contributed by atoms with Crippen molar-refractivity contribution in [1.29, 1.82) is 0 Å². The van der Waals surface area contributed by atoms with E-state index in [2.05, 4.69) is 4.98 Å². The van der Waals surface area contributed by atoms with Gasteiger partial charge in [-0.15, -0.1) is 11.3 Å². The number of thiazole rings is 1. The molecule has 1 aromatic heterocycles. The van der Waals surface area contributed by atoms with Crippen LogP contribution in [0.1, 0.15) is 24.6 Å². The van der Waals surface area contributed by atoms with Crippen LogP contribution in [0.4, 0.5) is 18.3 Å². The van der Waals surface area contributed by atoms with Crippen LogP contribution in [0, 0.1) is 5.92 Å². The molecule has 1 fully saturated rings. The third-order valence-electron chi connectivity index (χ3n) is 3.25. The molecule has 3 N–H and O–H groups in total. The van der Waals surface area contributed by atoms with Crippen molar-refractivity contribution >= 4 is 22.4 Å². The molecule has 0 radical (unpaired) electrons. The van der Waals surface area contributed by atoms with Gasteiger partial charge in [-0.25, -0.2) is 4.98 Å². The lowest BCUT2D eigenvalue weighted by atomic mass is 9.98. The van der Waals surface area contributed by atoms with Crippen molar-refractivity contribution in [3.05, 3.63) is 11.1 Å². The van der Waals surface area contributed by atoms with Gasteiger partial charge in [0.15, 0.2) is 5.13 Å². The zero-order valence-electron chi connectivity index (χ0n) is 10.4. The van der Waals surface area contributed by atoms with Gasteiger partial charge in [0.1, 0.15) is 6.04 Å². The highest BCUT2D eigenvalue weighted by Gasteiger charge is 2.42. The molecule has 0 saturated carbocycles. The summed E-state index contributed by atoms with van der Waals surface area (Å²) in [6.07, 6.45) is -3.66. The average Bonchev–Trinajstić information content (AvgIpc) is 2.86. The Kier molecular flexibility index (Phi) is 4.19. The van der Waals surface area contributed by atoms with Crippen LogP contribution in [-0.2, 0) is 4.79 Å². The molecule has 112 valence electrons. The minimum absolute atomic E-state index is 0.118. The van der Waals surface area contributed by atoms with Gasteiger partial charge in [-0.1, -0.05) is 0 Å². The number of hydrogen-bond donors (Lipinski definition) is 2. The monoisotopic (exact) mass is 309 g/mol. The molecule has 0 spiro atoms. The normalized spacial score (nSPS) is 21.8. The van der Waals surface area contributed by atoms with E-state index >= 15 is 0 Å². The van der Waals surface area contributed by atoms with E-state index in [1.165, 1.54) is 5.38 Å². The maximum Gasteiger partial charge on any atom is 0.393 e. The van der Waals surface area contributed by atoms with E-state index < -0.39 is 24.1 Å². The van der Waals surface area contributed by atoms with Crippen LogP contribution in [0.2, 0.25) is 0 Å². The van der Waals surface area contributed by atoms with Crippen LogP contribution in [-0.4, -0.2) is 35.3 Å². The van der Waals surface area contributed by atoms with E-state index in [0.29, 0.717) is 18.1 Å². The molecule has 0 aliphatic carbocycles. The van der Waals surface area contributed by atoms with Crippen LogP contribution in [0.3, 0.4) is 0 Å². The largest absolute Gasteiger partial charge is 0.480 e. The Morgan fingerprint density at radius 2 is 2.30 bits per heavy atom. The van der Waals surface area contributed by atoms with E-state index in [0.717, 1.165) is 11.3 Å². The van der Waals surface area contributed by atoms with Crippen LogP contribution >= 0.6 is 11.3 Å². The fraction of sp³-hybridized carbons (Fsp3) is 0.636. The lowest BCUT2D eigenvalue weighted by Crippen LogP contribution is -2.41. The van der Waals surface area contributed by atoms with E-state index in [-0.39, 0.29) is 18.7 Å². The van der Waals surface area contributed by atoms with Crippen LogP contribution in [0.5, 0.6) is 0 Å². The van der Waals surface area contributed by atoms with E-state index in [9.17, 15) is 18.0 Å². The van der Waals surface area contributed by atoms with Crippen molar-refractivity contribution in [1.82, 2.24) is 4.98 Å². The first-order valence-corrected chi connectivity index (χ1v) is 6.92. The standard InChI is InChI=1S/C11H14F3N3O2S/c12-11(13,14)6-2-1-3-17(4-6)10-16-7(5-20-10)8(15)9(18)19/h5-6,8H,1-4,15H2,(H,18,19). The molecule has 2 unspecified atom stereocenters. The summed E-state index contributed by atoms with van der Waals surface area (Å²) in [5.41, 5.74) is 5.60. The van der Waals surface area contributed by atoms with Gasteiger partial charge in [-0.2, -0.15) is 13.2 Å². The van der Waals surface area contributed by atoms with Gasteiger partial charge >= 0.3 is 12.1 Å². The van der Waals surface area contributed by atoms with E-state index in [1.807, 2.05) is 0 Å². The summed E-state index contributed by atoms with van der Waals surface area (Å²) in [6, 6.07) is -1.25. The van der Waals surface area contributed by atoms with Crippen molar-refractivity contribution in [2.24, 2.45) is 11.7 Å². The first-order valence-electron chi connectivity index (χ1n) is 6.04. The first-order chi connectivity index (χ1) is 9.29. The average molecular weight is 309 g/mol. The number of carbonyl (C=O) groups is 1. The predicted molar refractivity (Wildman–Crippen MR) is 67.7 cm³/mol. The molecule has 1 aliphatic heterocycles. The number of carboxylic acid groups (broad SMARTS) is 1. The van der Waals surface area contributed by atoms with Crippen LogP contribution < -0.4 is 10.6 Å². The quantitative estimate of drug-likeness (QED) is 0.893. The molecule has 9 heteroatoms. The van der Waals surface area contributed by atoms with Gasteiger partial charge in [0.2, 0.25) is 0 Å². The van der Waals surface area contributed by atoms with Crippen molar-refractivity contribution in [3.63, 3.8) is 0 Å². The predicted octanol–water partition coefficient (Wildman–Crippen LogP) is 2.01. The molecule has 0 amide bonds. The van der Waals surface area contributed by atoms with Gasteiger partial charge in [-0.05, 0) is 12.8 Å². The number of carboxylic acids is 1. The van der Waals surface area contributed by atoms with Gasteiger partial charge in [0.25, 0.3) is 0 Å². The lowest BCUT2D eigenvalue weighted by molar-refractivity contribution is -0.176. The van der Waals surface area contributed by atoms with Crippen molar-refractivity contribution < 1.29 is 23.1 Å². The summed E-state index contributed by atoms with van der Waals surface area (Å²) in [5, 5.41) is 10.7. The fourth-order valence-corrected chi connectivity index (χ4v) is 3.01. The summed E-state index contributed by atoms with van der Waals surface area (Å²) in [5.74, 6) is -2.58. The van der Waals surface area contributed by atoms with Gasteiger partial charge < -0.3 is 15.7 Å². The number of alkyl halides is 3. The molecule has 1 saturated heterocycles. The molecule has 1 aliphatic rings. The van der Waals surface area contributed by atoms with Gasteiger partial charge in [-0.3, -0.25) is 4.79 Å². The molecule has 2 rings (SSSR count). The Hall–Kier alpha value is -1.35. The molecule has 2 heterocycles. The number of hydrogen-bond acceptors (Lipinski definition) is 5. The van der Waals surface area contributed by atoms with E-state index in [1.54, 1.807) is 4.90 Å². The minimum atomic E-state index is -4.21. The second-order valence-corrected chi connectivity index (χ2v) is 5.53. The van der Waals surface area contributed by atoms with Crippen LogP contribution in [0.15, 0.2) is 5.38 Å². The van der Waals surface area contributed by atoms with Crippen molar-refractivity contribution in [2.45, 2.75) is 25.1 Å². The Bertz CT molecular complexity index is 492. The lowest BCUT2D eigenvalue weighted by Gasteiger charge is -2.33. The molecular formula is C11H14F3N3O2S. The Balaban J connectivity index is 2.10. The Morgan fingerprint density at radius 1 is 1.60 bits per heavy atom. The van der Waals surface area contributed by atoms with Gasteiger partial charge in [0, 0.05) is 18.5 Å². The Labute approximate surface area is 117 Å². The second kappa shape index (κ2) is 5.57. The maximum absolute atomic E-state index is 12.7. The summed E-state index contributed by atoms with van der Waals surface area (Å²) in [6.45, 7) is 0.348. The summed E-state index contributed by atoms with van der Waals surface area (Å²) in [7, 11) is 0. The summed E-state index contributed by atoms with van der Waals surface area (Å²) < 4.78 is 38.2. The SMILES string of the molecule is NC(C(=O)O)c1csc(N2CCCC(C(F)(F)F)C2)n1. The highest BCUT2D eigenvalue weighted by molar-refractivity contribution is 7.13. The second-order valence-electron chi connectivity index (χ2n) is 4.70. The number of anilines is 1. The fourth-order valence-electron chi connectivity index (χ4n) is 2.11. The maximum atomic E-state index is 12.7. The number of nitrogens with two attached hydrogens (primary N) is 1. The first kappa shape index (κ1) is 15.0. The smallest absolute Gasteiger partial charge is 0.393 e. The number of aromatic nitrogens is 1. The summed E-state index contributed by atoms with van der Waals surface area (Å²) >= 11 is 1.12. The molecular weight excluding hydrogens is 295 g/mol. The van der Waals surface area contributed by atoms with Crippen molar-refractivity contribution in [3.8, 4) is 0 Å². The zero-order valence-corrected chi connectivity index (χ0v) is 11.2. The number of halogens is 3.